The number of nitriles is 1. The Morgan fingerprint density at radius 1 is 1.34 bits per heavy atom. The van der Waals surface area contributed by atoms with Crippen molar-refractivity contribution >= 4 is 18.0 Å². The molecule has 1 aromatic rings. The standard InChI is InChI=1S/C23H33N3O3/c1-15(2)13-26-17(4)10-19(18(26)5)11-20(12-24)23(28)29-14-22(27)25-21-9-7-6-8-16(21)3/h10-11,15-16,21H,6-9,13-14H2,1-5H3,(H,25,27)/b20-11+/t16-,21+/m1/s1. The molecule has 0 aliphatic heterocycles. The topological polar surface area (TPSA) is 84.1 Å². The Labute approximate surface area is 173 Å². The van der Waals surface area contributed by atoms with E-state index < -0.39 is 5.97 Å². The number of nitrogens with one attached hydrogen (secondary N) is 1. The van der Waals surface area contributed by atoms with Crippen LogP contribution in [0.4, 0.5) is 0 Å². The van der Waals surface area contributed by atoms with Gasteiger partial charge in [0, 0.05) is 24.0 Å². The van der Waals surface area contributed by atoms with Crippen molar-refractivity contribution in [1.82, 2.24) is 9.88 Å². The van der Waals surface area contributed by atoms with E-state index in [1.807, 2.05) is 26.0 Å². The van der Waals surface area contributed by atoms with Crippen molar-refractivity contribution in [2.75, 3.05) is 6.61 Å². The lowest BCUT2D eigenvalue weighted by Crippen LogP contribution is -2.42. The molecule has 0 aromatic carbocycles. The molecule has 0 spiro atoms. The number of ether oxygens (including phenoxy) is 1. The van der Waals surface area contributed by atoms with Crippen LogP contribution in [0.25, 0.3) is 6.08 Å². The zero-order chi connectivity index (χ0) is 21.6. The molecule has 2 atom stereocenters. The highest BCUT2D eigenvalue weighted by molar-refractivity contribution is 5.99. The molecule has 1 heterocycles. The summed E-state index contributed by atoms with van der Waals surface area (Å²) in [6.07, 6.45) is 5.89. The van der Waals surface area contributed by atoms with Gasteiger partial charge in [-0.3, -0.25) is 4.79 Å². The lowest BCUT2D eigenvalue weighted by atomic mass is 9.86. The predicted molar refractivity (Wildman–Crippen MR) is 113 cm³/mol. The first-order chi connectivity index (χ1) is 13.7. The van der Waals surface area contributed by atoms with E-state index in [0.29, 0.717) is 11.8 Å². The van der Waals surface area contributed by atoms with Gasteiger partial charge in [-0.2, -0.15) is 5.26 Å². The van der Waals surface area contributed by atoms with E-state index in [0.717, 1.165) is 42.8 Å². The van der Waals surface area contributed by atoms with Gasteiger partial charge in [-0.1, -0.05) is 33.6 Å². The number of hydrogen-bond acceptors (Lipinski definition) is 4. The summed E-state index contributed by atoms with van der Waals surface area (Å²) < 4.78 is 7.27. The minimum Gasteiger partial charge on any atom is -0.451 e. The number of nitrogens with zero attached hydrogens (tertiary/aromatic N) is 2. The fraction of sp³-hybridized carbons (Fsp3) is 0.609. The van der Waals surface area contributed by atoms with Crippen molar-refractivity contribution < 1.29 is 14.3 Å². The lowest BCUT2D eigenvalue weighted by molar-refractivity contribution is -0.144. The number of esters is 1. The number of aryl methyl sites for hydroxylation is 1. The van der Waals surface area contributed by atoms with E-state index >= 15 is 0 Å². The van der Waals surface area contributed by atoms with Gasteiger partial charge in [0.2, 0.25) is 0 Å². The fourth-order valence-electron chi connectivity index (χ4n) is 3.90. The number of carbonyl (C=O) groups is 2. The molecule has 0 bridgehead atoms. The summed E-state index contributed by atoms with van der Waals surface area (Å²) >= 11 is 0. The van der Waals surface area contributed by atoms with Crippen LogP contribution in [-0.4, -0.2) is 29.1 Å². The summed E-state index contributed by atoms with van der Waals surface area (Å²) in [5, 5.41) is 12.4. The molecular formula is C23H33N3O3. The molecular weight excluding hydrogens is 366 g/mol. The molecule has 0 radical (unpaired) electrons. The molecule has 0 unspecified atom stereocenters. The van der Waals surface area contributed by atoms with Crippen LogP contribution in [0.15, 0.2) is 11.6 Å². The van der Waals surface area contributed by atoms with Gasteiger partial charge in [-0.05, 0) is 56.2 Å². The summed E-state index contributed by atoms with van der Waals surface area (Å²) in [6.45, 7) is 10.9. The van der Waals surface area contributed by atoms with Crippen LogP contribution >= 0.6 is 0 Å². The SMILES string of the molecule is Cc1cc(/C=C(\C#N)C(=O)OCC(=O)N[C@H]2CCCC[C@H]2C)c(C)n1CC(C)C. The minimum atomic E-state index is -0.770. The number of carbonyl (C=O) groups excluding carboxylic acids is 2. The van der Waals surface area contributed by atoms with Crippen LogP contribution < -0.4 is 5.32 Å². The summed E-state index contributed by atoms with van der Waals surface area (Å²) in [7, 11) is 0. The predicted octanol–water partition coefficient (Wildman–Crippen LogP) is 3.91. The monoisotopic (exact) mass is 399 g/mol. The maximum Gasteiger partial charge on any atom is 0.349 e. The van der Waals surface area contributed by atoms with Crippen molar-refractivity contribution in [2.24, 2.45) is 11.8 Å². The van der Waals surface area contributed by atoms with Gasteiger partial charge in [0.25, 0.3) is 5.91 Å². The smallest absolute Gasteiger partial charge is 0.349 e. The Bertz CT molecular complexity index is 814. The number of rotatable bonds is 7. The largest absolute Gasteiger partial charge is 0.451 e. The highest BCUT2D eigenvalue weighted by Crippen LogP contribution is 2.23. The van der Waals surface area contributed by atoms with Crippen molar-refractivity contribution in [3.05, 3.63) is 28.6 Å². The Morgan fingerprint density at radius 2 is 2.03 bits per heavy atom. The Kier molecular flexibility index (Phi) is 8.07. The molecule has 6 nitrogen and oxygen atoms in total. The lowest BCUT2D eigenvalue weighted by Gasteiger charge is -2.29. The molecule has 0 saturated heterocycles. The van der Waals surface area contributed by atoms with E-state index in [1.165, 1.54) is 6.42 Å². The molecule has 6 heteroatoms. The van der Waals surface area contributed by atoms with Crippen molar-refractivity contribution in [3.8, 4) is 6.07 Å². The van der Waals surface area contributed by atoms with Crippen LogP contribution in [0.5, 0.6) is 0 Å². The summed E-state index contributed by atoms with van der Waals surface area (Å²) in [5.41, 5.74) is 2.79. The zero-order valence-electron chi connectivity index (χ0n) is 18.2. The zero-order valence-corrected chi connectivity index (χ0v) is 18.2. The molecule has 1 aliphatic carbocycles. The molecule has 29 heavy (non-hydrogen) atoms. The molecule has 1 amide bonds. The van der Waals surface area contributed by atoms with Crippen LogP contribution in [-0.2, 0) is 20.9 Å². The molecule has 1 saturated carbocycles. The molecule has 1 fully saturated rings. The van der Waals surface area contributed by atoms with Gasteiger partial charge >= 0.3 is 5.97 Å². The van der Waals surface area contributed by atoms with Gasteiger partial charge < -0.3 is 14.6 Å². The van der Waals surface area contributed by atoms with Crippen LogP contribution in [0, 0.1) is 37.0 Å². The molecule has 2 rings (SSSR count). The first kappa shape index (κ1) is 22.7. The highest BCUT2D eigenvalue weighted by atomic mass is 16.5. The third-order valence-electron chi connectivity index (χ3n) is 5.59. The van der Waals surface area contributed by atoms with E-state index in [4.69, 9.17) is 4.74 Å². The minimum absolute atomic E-state index is 0.103. The maximum atomic E-state index is 12.3. The number of amides is 1. The second-order valence-corrected chi connectivity index (χ2v) is 8.51. The van der Waals surface area contributed by atoms with Crippen molar-refractivity contribution in [3.63, 3.8) is 0 Å². The molecule has 1 aliphatic rings. The third kappa shape index (κ3) is 6.22. The first-order valence-corrected chi connectivity index (χ1v) is 10.5. The van der Waals surface area contributed by atoms with Gasteiger partial charge in [-0.25, -0.2) is 4.79 Å². The quantitative estimate of drug-likeness (QED) is 0.428. The van der Waals surface area contributed by atoms with Crippen LogP contribution in [0.2, 0.25) is 0 Å². The fourth-order valence-corrected chi connectivity index (χ4v) is 3.90. The number of aromatic nitrogens is 1. The Morgan fingerprint density at radius 3 is 2.66 bits per heavy atom. The average Bonchev–Trinajstić information content (AvgIpc) is 2.93. The number of hydrogen-bond donors (Lipinski definition) is 1. The van der Waals surface area contributed by atoms with E-state index in [2.05, 4.69) is 30.7 Å². The van der Waals surface area contributed by atoms with Crippen molar-refractivity contribution in [2.45, 2.75) is 72.9 Å². The second-order valence-electron chi connectivity index (χ2n) is 8.51. The van der Waals surface area contributed by atoms with Crippen LogP contribution in [0.3, 0.4) is 0 Å². The Hall–Kier alpha value is -2.55. The van der Waals surface area contributed by atoms with E-state index in [1.54, 1.807) is 6.08 Å². The van der Waals surface area contributed by atoms with Gasteiger partial charge in [0.15, 0.2) is 6.61 Å². The van der Waals surface area contributed by atoms with E-state index in [-0.39, 0.29) is 24.1 Å². The van der Waals surface area contributed by atoms with Crippen LogP contribution in [0.1, 0.15) is 63.4 Å². The normalized spacial score (nSPS) is 19.7. The second kappa shape index (κ2) is 10.3. The Balaban J connectivity index is 2.00. The summed E-state index contributed by atoms with van der Waals surface area (Å²) in [6, 6.07) is 3.99. The van der Waals surface area contributed by atoms with Gasteiger partial charge in [-0.15, -0.1) is 0 Å². The first-order valence-electron chi connectivity index (χ1n) is 10.5. The van der Waals surface area contributed by atoms with Gasteiger partial charge in [0.1, 0.15) is 11.6 Å². The highest BCUT2D eigenvalue weighted by Gasteiger charge is 2.23. The summed E-state index contributed by atoms with van der Waals surface area (Å²) in [5.74, 6) is -0.168. The molecule has 1 N–H and O–H groups in total. The third-order valence-corrected chi connectivity index (χ3v) is 5.59. The maximum absolute atomic E-state index is 12.3. The average molecular weight is 400 g/mol. The molecule has 1 aromatic heterocycles. The summed E-state index contributed by atoms with van der Waals surface area (Å²) in [4.78, 5) is 24.5. The molecule has 158 valence electrons. The van der Waals surface area contributed by atoms with E-state index in [9.17, 15) is 14.9 Å². The van der Waals surface area contributed by atoms with Gasteiger partial charge in [0.05, 0.1) is 0 Å². The van der Waals surface area contributed by atoms with Crippen molar-refractivity contribution in [1.29, 1.82) is 5.26 Å².